The van der Waals surface area contributed by atoms with Crippen LogP contribution in [0.4, 0.5) is 9.18 Å². The molecule has 1 aliphatic rings. The molecule has 0 unspecified atom stereocenters. The van der Waals surface area contributed by atoms with Gasteiger partial charge in [0.15, 0.2) is 0 Å². The van der Waals surface area contributed by atoms with E-state index in [4.69, 9.17) is 14.2 Å². The first-order valence-electron chi connectivity index (χ1n) is 7.91. The van der Waals surface area contributed by atoms with Gasteiger partial charge in [0.1, 0.15) is 29.9 Å². The smallest absolute Gasteiger partial charge is 0.407 e. The van der Waals surface area contributed by atoms with Gasteiger partial charge in [0.2, 0.25) is 0 Å². The minimum Gasteiger partial charge on any atom is -0.489 e. The van der Waals surface area contributed by atoms with Crippen LogP contribution >= 0.6 is 0 Å². The third-order valence-corrected chi connectivity index (χ3v) is 3.26. The van der Waals surface area contributed by atoms with Crippen molar-refractivity contribution in [2.75, 3.05) is 13.2 Å². The third-order valence-electron chi connectivity index (χ3n) is 3.26. The standard InChI is InChI=1S/C18H24FNO4/c1-5-6-22-14-8-12(7-13(19)10-14)9-15(16-11-23-16)20-17(21)24-18(2,3)4/h5,7-8,10,15-16H,1,6,9,11H2,2-4H3,(H,20,21)/t15-,16+/m0/s1. The van der Waals surface area contributed by atoms with Gasteiger partial charge in [-0.25, -0.2) is 9.18 Å². The van der Waals surface area contributed by atoms with Crippen molar-refractivity contribution in [2.45, 2.75) is 44.9 Å². The zero-order valence-corrected chi connectivity index (χ0v) is 14.3. The Labute approximate surface area is 141 Å². The lowest BCUT2D eigenvalue weighted by Crippen LogP contribution is -2.43. The molecular formula is C18H24FNO4. The lowest BCUT2D eigenvalue weighted by molar-refractivity contribution is 0.0495. The number of epoxide rings is 1. The van der Waals surface area contributed by atoms with E-state index in [1.807, 2.05) is 0 Å². The summed E-state index contributed by atoms with van der Waals surface area (Å²) in [6.45, 7) is 9.82. The van der Waals surface area contributed by atoms with Crippen molar-refractivity contribution in [3.05, 3.63) is 42.2 Å². The largest absolute Gasteiger partial charge is 0.489 e. The molecule has 1 aromatic carbocycles. The second kappa shape index (κ2) is 7.66. The molecule has 0 saturated carbocycles. The molecule has 5 nitrogen and oxygen atoms in total. The highest BCUT2D eigenvalue weighted by molar-refractivity contribution is 5.68. The maximum atomic E-state index is 13.8. The van der Waals surface area contributed by atoms with Crippen LogP contribution in [0.2, 0.25) is 0 Å². The zero-order valence-electron chi connectivity index (χ0n) is 14.3. The van der Waals surface area contributed by atoms with Gasteiger partial charge in [0, 0.05) is 6.07 Å². The fraction of sp³-hybridized carbons (Fsp3) is 0.500. The Morgan fingerprint density at radius 1 is 1.50 bits per heavy atom. The summed E-state index contributed by atoms with van der Waals surface area (Å²) in [4.78, 5) is 12.0. The number of nitrogens with one attached hydrogen (secondary N) is 1. The molecule has 0 aromatic heterocycles. The molecule has 132 valence electrons. The average Bonchev–Trinajstić information content (AvgIpc) is 3.26. The van der Waals surface area contributed by atoms with Crippen LogP contribution in [0.1, 0.15) is 26.3 Å². The molecule has 24 heavy (non-hydrogen) atoms. The summed E-state index contributed by atoms with van der Waals surface area (Å²) in [7, 11) is 0. The highest BCUT2D eigenvalue weighted by Gasteiger charge is 2.35. The van der Waals surface area contributed by atoms with Crippen molar-refractivity contribution < 1.29 is 23.4 Å². The molecule has 0 bridgehead atoms. The van der Waals surface area contributed by atoms with Gasteiger partial charge < -0.3 is 19.5 Å². The molecule has 1 aliphatic heterocycles. The Morgan fingerprint density at radius 2 is 2.21 bits per heavy atom. The maximum absolute atomic E-state index is 13.8. The molecule has 1 N–H and O–H groups in total. The number of alkyl carbamates (subject to hydrolysis) is 1. The molecule has 0 spiro atoms. The summed E-state index contributed by atoms with van der Waals surface area (Å²) >= 11 is 0. The fourth-order valence-corrected chi connectivity index (χ4v) is 2.25. The summed E-state index contributed by atoms with van der Waals surface area (Å²) in [5.41, 5.74) is 0.134. The van der Waals surface area contributed by atoms with E-state index in [9.17, 15) is 9.18 Å². The summed E-state index contributed by atoms with van der Waals surface area (Å²) in [5, 5.41) is 2.80. The Hall–Kier alpha value is -2.08. The van der Waals surface area contributed by atoms with Crippen molar-refractivity contribution in [2.24, 2.45) is 0 Å². The Kier molecular flexibility index (Phi) is 5.83. The van der Waals surface area contributed by atoms with E-state index < -0.39 is 11.7 Å². The molecular weight excluding hydrogens is 313 g/mol. The molecule has 1 fully saturated rings. The second-order valence-electron chi connectivity index (χ2n) is 6.72. The van der Waals surface area contributed by atoms with Crippen molar-refractivity contribution >= 4 is 6.09 Å². The van der Waals surface area contributed by atoms with E-state index in [-0.39, 0.29) is 18.0 Å². The topological polar surface area (TPSA) is 60.1 Å². The first-order valence-corrected chi connectivity index (χ1v) is 7.91. The van der Waals surface area contributed by atoms with Crippen LogP contribution in [0, 0.1) is 5.82 Å². The van der Waals surface area contributed by atoms with Crippen LogP contribution in [0.3, 0.4) is 0 Å². The quantitative estimate of drug-likeness (QED) is 0.613. The molecule has 1 amide bonds. The zero-order chi connectivity index (χ0) is 17.7. The first-order chi connectivity index (χ1) is 11.3. The molecule has 2 rings (SSSR count). The van der Waals surface area contributed by atoms with Crippen molar-refractivity contribution in [3.8, 4) is 5.75 Å². The lowest BCUT2D eigenvalue weighted by Gasteiger charge is -2.23. The van der Waals surface area contributed by atoms with E-state index >= 15 is 0 Å². The number of halogens is 1. The average molecular weight is 337 g/mol. The SMILES string of the molecule is C=CCOc1cc(F)cc(C[C@H](NC(=O)OC(C)(C)C)[C@H]2CO2)c1. The molecule has 2 atom stereocenters. The number of benzene rings is 1. The van der Waals surface area contributed by atoms with Gasteiger partial charge in [-0.3, -0.25) is 0 Å². The van der Waals surface area contributed by atoms with Crippen LogP contribution in [-0.4, -0.2) is 37.1 Å². The number of amides is 1. The Morgan fingerprint density at radius 3 is 2.79 bits per heavy atom. The van der Waals surface area contributed by atoms with E-state index in [2.05, 4.69) is 11.9 Å². The molecule has 0 aliphatic carbocycles. The van der Waals surface area contributed by atoms with Crippen LogP contribution in [-0.2, 0) is 15.9 Å². The number of rotatable bonds is 7. The highest BCUT2D eigenvalue weighted by atomic mass is 19.1. The Bertz CT molecular complexity index is 593. The van der Waals surface area contributed by atoms with Crippen LogP contribution in [0.5, 0.6) is 5.75 Å². The molecule has 1 saturated heterocycles. The van der Waals surface area contributed by atoms with Gasteiger partial charge in [0.05, 0.1) is 12.6 Å². The fourth-order valence-electron chi connectivity index (χ4n) is 2.25. The van der Waals surface area contributed by atoms with E-state index in [0.717, 1.165) is 0 Å². The van der Waals surface area contributed by atoms with Crippen LogP contribution in [0.25, 0.3) is 0 Å². The third kappa shape index (κ3) is 6.20. The van der Waals surface area contributed by atoms with Gasteiger partial charge >= 0.3 is 6.09 Å². The minimum atomic E-state index is -0.580. The van der Waals surface area contributed by atoms with Gasteiger partial charge in [-0.1, -0.05) is 12.7 Å². The number of hydrogen-bond donors (Lipinski definition) is 1. The lowest BCUT2D eigenvalue weighted by atomic mass is 10.0. The molecule has 1 aromatic rings. The second-order valence-corrected chi connectivity index (χ2v) is 6.72. The predicted octanol–water partition coefficient (Wildman–Crippen LogP) is 3.23. The summed E-state index contributed by atoms with van der Waals surface area (Å²) in [5.74, 6) is 0.0388. The van der Waals surface area contributed by atoms with Gasteiger partial charge in [0.25, 0.3) is 0 Å². The maximum Gasteiger partial charge on any atom is 0.407 e. The van der Waals surface area contributed by atoms with Crippen LogP contribution in [0.15, 0.2) is 30.9 Å². The monoisotopic (exact) mass is 337 g/mol. The van der Waals surface area contributed by atoms with E-state index in [0.29, 0.717) is 30.9 Å². The number of hydrogen-bond acceptors (Lipinski definition) is 4. The summed E-state index contributed by atoms with van der Waals surface area (Å²) in [6.07, 6.45) is 1.42. The van der Waals surface area contributed by atoms with Gasteiger partial charge in [-0.15, -0.1) is 0 Å². The van der Waals surface area contributed by atoms with Gasteiger partial charge in [-0.2, -0.15) is 0 Å². The first kappa shape index (κ1) is 18.3. The summed E-state index contributed by atoms with van der Waals surface area (Å²) < 4.78 is 29.7. The number of ether oxygens (including phenoxy) is 3. The summed E-state index contributed by atoms with van der Waals surface area (Å²) in [6, 6.07) is 4.21. The molecule has 0 radical (unpaired) electrons. The van der Waals surface area contributed by atoms with E-state index in [1.54, 1.807) is 32.9 Å². The predicted molar refractivity (Wildman–Crippen MR) is 88.7 cm³/mol. The normalized spacial score (nSPS) is 17.8. The van der Waals surface area contributed by atoms with Crippen molar-refractivity contribution in [1.82, 2.24) is 5.32 Å². The molecule has 1 heterocycles. The minimum absolute atomic E-state index is 0.0849. The van der Waals surface area contributed by atoms with E-state index in [1.165, 1.54) is 12.1 Å². The highest BCUT2D eigenvalue weighted by Crippen LogP contribution is 2.22. The van der Waals surface area contributed by atoms with Crippen molar-refractivity contribution in [3.63, 3.8) is 0 Å². The van der Waals surface area contributed by atoms with Crippen molar-refractivity contribution in [1.29, 1.82) is 0 Å². The number of carbonyl (C=O) groups is 1. The number of carbonyl (C=O) groups excluding carboxylic acids is 1. The van der Waals surface area contributed by atoms with Crippen LogP contribution < -0.4 is 10.1 Å². The Balaban J connectivity index is 2.03. The van der Waals surface area contributed by atoms with Gasteiger partial charge in [-0.05, 0) is 44.9 Å². The molecule has 6 heteroatoms.